The Morgan fingerprint density at radius 2 is 2.11 bits per heavy atom. The molecule has 0 amide bonds. The highest BCUT2D eigenvalue weighted by Gasteiger charge is 2.15. The largest absolute Gasteiger partial charge is 0.443 e. The zero-order valence-electron chi connectivity index (χ0n) is 11.1. The van der Waals surface area contributed by atoms with Gasteiger partial charge in [-0.3, -0.25) is 0 Å². The van der Waals surface area contributed by atoms with Gasteiger partial charge in [-0.25, -0.2) is 9.37 Å². The molecule has 0 spiro atoms. The van der Waals surface area contributed by atoms with Gasteiger partial charge in [0.15, 0.2) is 12.2 Å². The van der Waals surface area contributed by atoms with E-state index in [-0.39, 0.29) is 11.4 Å². The van der Waals surface area contributed by atoms with E-state index < -0.39 is 0 Å². The fourth-order valence-electron chi connectivity index (χ4n) is 1.62. The molecule has 0 aliphatic carbocycles. The van der Waals surface area contributed by atoms with Crippen LogP contribution >= 0.6 is 15.9 Å². The van der Waals surface area contributed by atoms with Gasteiger partial charge in [0.1, 0.15) is 11.5 Å². The predicted octanol–water partition coefficient (Wildman–Crippen LogP) is 4.13. The van der Waals surface area contributed by atoms with Crippen LogP contribution in [0.1, 0.15) is 26.5 Å². The Morgan fingerprint density at radius 1 is 1.37 bits per heavy atom. The Hall–Kier alpha value is -1.20. The van der Waals surface area contributed by atoms with Crippen molar-refractivity contribution < 1.29 is 8.81 Å². The maximum atomic E-state index is 13.2. The molecule has 1 aromatic carbocycles. The lowest BCUT2D eigenvalue weighted by Crippen LogP contribution is -2.35. The smallest absolute Gasteiger partial charge is 0.181 e. The summed E-state index contributed by atoms with van der Waals surface area (Å²) >= 11 is 3.17. The van der Waals surface area contributed by atoms with Crippen LogP contribution in [0.2, 0.25) is 0 Å². The standard InChI is InChI=1S/C14H16BrFN2O/c1-14(2,3)18-7-12-13(19-8-17-12)9-4-5-11(16)10(15)6-9/h4-6,8,18H,7H2,1-3H3. The number of nitrogens with one attached hydrogen (secondary N) is 1. The minimum atomic E-state index is -0.294. The van der Waals surface area contributed by atoms with Crippen LogP contribution in [-0.2, 0) is 6.54 Å². The molecule has 2 aromatic rings. The summed E-state index contributed by atoms with van der Waals surface area (Å²) < 4.78 is 19.1. The van der Waals surface area contributed by atoms with Crippen LogP contribution in [0.25, 0.3) is 11.3 Å². The van der Waals surface area contributed by atoms with E-state index in [4.69, 9.17) is 4.42 Å². The summed E-state index contributed by atoms with van der Waals surface area (Å²) in [5.74, 6) is 0.370. The van der Waals surface area contributed by atoms with Gasteiger partial charge in [0.2, 0.25) is 0 Å². The van der Waals surface area contributed by atoms with E-state index in [0.717, 1.165) is 11.3 Å². The van der Waals surface area contributed by atoms with Gasteiger partial charge in [0, 0.05) is 17.6 Å². The quantitative estimate of drug-likeness (QED) is 0.921. The molecule has 102 valence electrons. The maximum Gasteiger partial charge on any atom is 0.181 e. The summed E-state index contributed by atoms with van der Waals surface area (Å²) in [7, 11) is 0. The van der Waals surface area contributed by atoms with Crippen molar-refractivity contribution in [1.29, 1.82) is 0 Å². The van der Waals surface area contributed by atoms with Crippen LogP contribution in [0, 0.1) is 5.82 Å². The van der Waals surface area contributed by atoms with Gasteiger partial charge in [-0.2, -0.15) is 0 Å². The number of nitrogens with zero attached hydrogens (tertiary/aromatic N) is 1. The number of oxazole rings is 1. The predicted molar refractivity (Wildman–Crippen MR) is 76.2 cm³/mol. The summed E-state index contributed by atoms with van der Waals surface area (Å²) in [6.07, 6.45) is 1.41. The van der Waals surface area contributed by atoms with E-state index in [1.165, 1.54) is 12.5 Å². The molecule has 0 unspecified atom stereocenters. The van der Waals surface area contributed by atoms with E-state index in [0.29, 0.717) is 16.8 Å². The van der Waals surface area contributed by atoms with Crippen LogP contribution in [0.3, 0.4) is 0 Å². The first-order valence-electron chi connectivity index (χ1n) is 5.99. The van der Waals surface area contributed by atoms with Gasteiger partial charge < -0.3 is 9.73 Å². The molecule has 1 heterocycles. The van der Waals surface area contributed by atoms with Crippen molar-refractivity contribution in [2.75, 3.05) is 0 Å². The Bertz CT molecular complexity index is 575. The molecule has 0 fully saturated rings. The second-order valence-corrected chi connectivity index (χ2v) is 6.21. The topological polar surface area (TPSA) is 38.1 Å². The SMILES string of the molecule is CC(C)(C)NCc1ncoc1-c1ccc(F)c(Br)c1. The number of halogens is 2. The molecule has 1 aromatic heterocycles. The van der Waals surface area contributed by atoms with Crippen molar-refractivity contribution in [1.82, 2.24) is 10.3 Å². The van der Waals surface area contributed by atoms with Crippen molar-refractivity contribution in [2.24, 2.45) is 0 Å². The molecule has 0 saturated carbocycles. The third-order valence-electron chi connectivity index (χ3n) is 2.61. The Balaban J connectivity index is 2.26. The Morgan fingerprint density at radius 3 is 2.74 bits per heavy atom. The van der Waals surface area contributed by atoms with Crippen LogP contribution in [0.4, 0.5) is 4.39 Å². The minimum absolute atomic E-state index is 0.000397. The summed E-state index contributed by atoms with van der Waals surface area (Å²) in [4.78, 5) is 4.21. The molecule has 0 saturated heterocycles. The summed E-state index contributed by atoms with van der Waals surface area (Å²) in [5.41, 5.74) is 1.62. The van der Waals surface area contributed by atoms with Crippen molar-refractivity contribution >= 4 is 15.9 Å². The van der Waals surface area contributed by atoms with E-state index >= 15 is 0 Å². The van der Waals surface area contributed by atoms with Crippen molar-refractivity contribution in [3.05, 3.63) is 40.6 Å². The normalized spacial score (nSPS) is 11.8. The van der Waals surface area contributed by atoms with E-state index in [1.54, 1.807) is 12.1 Å². The second-order valence-electron chi connectivity index (χ2n) is 5.36. The zero-order chi connectivity index (χ0) is 14.0. The highest BCUT2D eigenvalue weighted by atomic mass is 79.9. The first kappa shape index (κ1) is 14.2. The van der Waals surface area contributed by atoms with Crippen LogP contribution in [0.5, 0.6) is 0 Å². The van der Waals surface area contributed by atoms with Crippen LogP contribution in [0.15, 0.2) is 33.5 Å². The fourth-order valence-corrected chi connectivity index (χ4v) is 1.99. The third kappa shape index (κ3) is 3.64. The molecule has 3 nitrogen and oxygen atoms in total. The molecule has 0 bridgehead atoms. The molecule has 19 heavy (non-hydrogen) atoms. The number of hydrogen-bond acceptors (Lipinski definition) is 3. The molecule has 0 atom stereocenters. The lowest BCUT2D eigenvalue weighted by atomic mass is 10.1. The average molecular weight is 327 g/mol. The molecular weight excluding hydrogens is 311 g/mol. The second kappa shape index (κ2) is 5.43. The Kier molecular flexibility index (Phi) is 4.06. The third-order valence-corrected chi connectivity index (χ3v) is 3.22. The van der Waals surface area contributed by atoms with Gasteiger partial charge in [-0.05, 0) is 54.9 Å². The fraction of sp³-hybridized carbons (Fsp3) is 0.357. The zero-order valence-corrected chi connectivity index (χ0v) is 12.7. The number of aromatic nitrogens is 1. The van der Waals surface area contributed by atoms with Gasteiger partial charge >= 0.3 is 0 Å². The van der Waals surface area contributed by atoms with Gasteiger partial charge in [-0.1, -0.05) is 0 Å². The molecule has 0 aliphatic rings. The highest BCUT2D eigenvalue weighted by Crippen LogP contribution is 2.27. The molecule has 0 aliphatic heterocycles. The van der Waals surface area contributed by atoms with E-state index in [9.17, 15) is 4.39 Å². The number of rotatable bonds is 3. The summed E-state index contributed by atoms with van der Waals surface area (Å²) in [6, 6.07) is 4.78. The first-order chi connectivity index (χ1) is 8.87. The lowest BCUT2D eigenvalue weighted by Gasteiger charge is -2.19. The van der Waals surface area contributed by atoms with E-state index in [1.807, 2.05) is 0 Å². The van der Waals surface area contributed by atoms with Gasteiger partial charge in [0.25, 0.3) is 0 Å². The molecule has 5 heteroatoms. The monoisotopic (exact) mass is 326 g/mol. The molecule has 1 N–H and O–H groups in total. The molecule has 0 radical (unpaired) electrons. The summed E-state index contributed by atoms with van der Waals surface area (Å²) in [5, 5.41) is 3.35. The van der Waals surface area contributed by atoms with Crippen LogP contribution < -0.4 is 5.32 Å². The number of hydrogen-bond donors (Lipinski definition) is 1. The molecular formula is C14H16BrFN2O. The van der Waals surface area contributed by atoms with E-state index in [2.05, 4.69) is 47.0 Å². The first-order valence-corrected chi connectivity index (χ1v) is 6.79. The van der Waals surface area contributed by atoms with Crippen molar-refractivity contribution in [3.63, 3.8) is 0 Å². The minimum Gasteiger partial charge on any atom is -0.443 e. The average Bonchev–Trinajstić information content (AvgIpc) is 2.77. The summed E-state index contributed by atoms with van der Waals surface area (Å²) in [6.45, 7) is 6.86. The van der Waals surface area contributed by atoms with Gasteiger partial charge in [0.05, 0.1) is 4.47 Å². The highest BCUT2D eigenvalue weighted by molar-refractivity contribution is 9.10. The van der Waals surface area contributed by atoms with Crippen molar-refractivity contribution in [2.45, 2.75) is 32.9 Å². The Labute approximate surface area is 120 Å². The van der Waals surface area contributed by atoms with Crippen LogP contribution in [-0.4, -0.2) is 10.5 Å². The van der Waals surface area contributed by atoms with Crippen molar-refractivity contribution in [3.8, 4) is 11.3 Å². The molecule has 2 rings (SSSR count). The maximum absolute atomic E-state index is 13.2. The number of benzene rings is 1. The van der Waals surface area contributed by atoms with Gasteiger partial charge in [-0.15, -0.1) is 0 Å². The lowest BCUT2D eigenvalue weighted by molar-refractivity contribution is 0.421.